The summed E-state index contributed by atoms with van der Waals surface area (Å²) >= 11 is 0. The Hall–Kier alpha value is -1.28. The van der Waals surface area contributed by atoms with Crippen LogP contribution >= 0.6 is 0 Å². The normalized spacial score (nSPS) is 16.1. The number of H-pyrrole nitrogens is 1. The Morgan fingerprint density at radius 3 is 3.00 bits per heavy atom. The van der Waals surface area contributed by atoms with Gasteiger partial charge in [0, 0.05) is 23.1 Å². The van der Waals surface area contributed by atoms with Crippen molar-refractivity contribution in [1.29, 1.82) is 0 Å². The average Bonchev–Trinajstić information content (AvgIpc) is 2.99. The third-order valence-corrected chi connectivity index (χ3v) is 3.16. The fourth-order valence-electron chi connectivity index (χ4n) is 2.20. The Bertz CT molecular complexity index is 480. The zero-order valence-corrected chi connectivity index (χ0v) is 9.01. The van der Waals surface area contributed by atoms with Crippen molar-refractivity contribution in [2.24, 2.45) is 0 Å². The van der Waals surface area contributed by atoms with Gasteiger partial charge in [-0.05, 0) is 43.5 Å². The molecule has 3 rings (SSSR count). The summed E-state index contributed by atoms with van der Waals surface area (Å²) in [7, 11) is 1.99. The molecule has 1 heterocycles. The molecule has 0 aliphatic heterocycles. The number of benzene rings is 1. The molecular weight excluding hydrogens is 184 g/mol. The molecule has 78 valence electrons. The molecule has 1 fully saturated rings. The van der Waals surface area contributed by atoms with E-state index in [4.69, 9.17) is 0 Å². The summed E-state index contributed by atoms with van der Waals surface area (Å²) in [4.78, 5) is 3.53. The Morgan fingerprint density at radius 2 is 2.27 bits per heavy atom. The topological polar surface area (TPSA) is 27.8 Å². The van der Waals surface area contributed by atoms with E-state index in [-0.39, 0.29) is 0 Å². The van der Waals surface area contributed by atoms with Crippen molar-refractivity contribution >= 4 is 10.9 Å². The molecule has 1 aromatic carbocycles. The summed E-state index contributed by atoms with van der Waals surface area (Å²) in [6.45, 7) is 0.944. The van der Waals surface area contributed by atoms with Crippen LogP contribution in [0, 0.1) is 0 Å². The van der Waals surface area contributed by atoms with E-state index in [1.807, 2.05) is 7.05 Å². The molecular formula is C13H16N2. The molecule has 2 heteroatoms. The van der Waals surface area contributed by atoms with E-state index in [0.29, 0.717) is 0 Å². The maximum absolute atomic E-state index is 3.53. The van der Waals surface area contributed by atoms with Crippen molar-refractivity contribution in [2.75, 3.05) is 7.05 Å². The van der Waals surface area contributed by atoms with E-state index in [1.54, 1.807) is 0 Å². The molecule has 0 spiro atoms. The van der Waals surface area contributed by atoms with E-state index >= 15 is 0 Å². The van der Waals surface area contributed by atoms with Crippen LogP contribution in [-0.4, -0.2) is 12.0 Å². The van der Waals surface area contributed by atoms with Gasteiger partial charge in [-0.3, -0.25) is 0 Å². The number of aromatic nitrogens is 1. The lowest BCUT2D eigenvalue weighted by atomic mass is 10.1. The summed E-state index contributed by atoms with van der Waals surface area (Å²) in [6.07, 6.45) is 2.71. The minimum atomic E-state index is 0.805. The molecule has 0 atom stereocenters. The molecule has 0 bridgehead atoms. The first-order valence-corrected chi connectivity index (χ1v) is 5.63. The standard InChI is InChI=1S/C13H16N2/c1-14-8-10-3-2-4-12-11(10)7-13(15-12)9-5-6-9/h2-4,7,9,14-15H,5-6,8H2,1H3. The van der Waals surface area contributed by atoms with Crippen molar-refractivity contribution in [3.8, 4) is 0 Å². The van der Waals surface area contributed by atoms with Gasteiger partial charge in [-0.2, -0.15) is 0 Å². The van der Waals surface area contributed by atoms with Crippen LogP contribution in [0.4, 0.5) is 0 Å². The smallest absolute Gasteiger partial charge is 0.0459 e. The number of nitrogens with one attached hydrogen (secondary N) is 2. The van der Waals surface area contributed by atoms with Crippen molar-refractivity contribution in [2.45, 2.75) is 25.3 Å². The van der Waals surface area contributed by atoms with Gasteiger partial charge in [-0.15, -0.1) is 0 Å². The van der Waals surface area contributed by atoms with Crippen LogP contribution in [0.25, 0.3) is 10.9 Å². The van der Waals surface area contributed by atoms with Gasteiger partial charge in [-0.25, -0.2) is 0 Å². The van der Waals surface area contributed by atoms with Gasteiger partial charge >= 0.3 is 0 Å². The maximum Gasteiger partial charge on any atom is 0.0459 e. The molecule has 1 saturated carbocycles. The number of fused-ring (bicyclic) bond motifs is 1. The highest BCUT2D eigenvalue weighted by atomic mass is 14.8. The van der Waals surface area contributed by atoms with Crippen LogP contribution in [0.2, 0.25) is 0 Å². The second-order valence-electron chi connectivity index (χ2n) is 4.41. The highest BCUT2D eigenvalue weighted by Crippen LogP contribution is 2.40. The van der Waals surface area contributed by atoms with Gasteiger partial charge in [0.1, 0.15) is 0 Å². The molecule has 1 aliphatic rings. The van der Waals surface area contributed by atoms with Crippen LogP contribution in [0.3, 0.4) is 0 Å². The fourth-order valence-corrected chi connectivity index (χ4v) is 2.20. The quantitative estimate of drug-likeness (QED) is 0.783. The lowest BCUT2D eigenvalue weighted by Crippen LogP contribution is -2.04. The summed E-state index contributed by atoms with van der Waals surface area (Å²) in [5.41, 5.74) is 4.09. The average molecular weight is 200 g/mol. The first-order valence-electron chi connectivity index (χ1n) is 5.63. The summed E-state index contributed by atoms with van der Waals surface area (Å²) in [6, 6.07) is 8.82. The molecule has 0 saturated heterocycles. The Balaban J connectivity index is 2.11. The second kappa shape index (κ2) is 3.38. The van der Waals surface area contributed by atoms with Crippen LogP contribution < -0.4 is 5.32 Å². The number of rotatable bonds is 3. The lowest BCUT2D eigenvalue weighted by Gasteiger charge is -2.00. The zero-order valence-electron chi connectivity index (χ0n) is 9.01. The molecule has 15 heavy (non-hydrogen) atoms. The van der Waals surface area contributed by atoms with Gasteiger partial charge in [0.15, 0.2) is 0 Å². The van der Waals surface area contributed by atoms with Crippen molar-refractivity contribution in [3.63, 3.8) is 0 Å². The van der Waals surface area contributed by atoms with Crippen LogP contribution in [0.5, 0.6) is 0 Å². The predicted molar refractivity (Wildman–Crippen MR) is 63.0 cm³/mol. The predicted octanol–water partition coefficient (Wildman–Crippen LogP) is 2.76. The van der Waals surface area contributed by atoms with Crippen LogP contribution in [0.15, 0.2) is 24.3 Å². The highest BCUT2D eigenvalue weighted by Gasteiger charge is 2.25. The molecule has 0 unspecified atom stereocenters. The van der Waals surface area contributed by atoms with E-state index in [0.717, 1.165) is 12.5 Å². The van der Waals surface area contributed by atoms with Crippen LogP contribution in [-0.2, 0) is 6.54 Å². The van der Waals surface area contributed by atoms with E-state index in [1.165, 1.54) is 35.0 Å². The van der Waals surface area contributed by atoms with E-state index < -0.39 is 0 Å². The van der Waals surface area contributed by atoms with E-state index in [9.17, 15) is 0 Å². The SMILES string of the molecule is CNCc1cccc2[nH]c(C3CC3)cc12. The molecule has 2 nitrogen and oxygen atoms in total. The van der Waals surface area contributed by atoms with Gasteiger partial charge in [0.05, 0.1) is 0 Å². The summed E-state index contributed by atoms with van der Waals surface area (Å²) in [5.74, 6) is 0.805. The second-order valence-corrected chi connectivity index (χ2v) is 4.41. The molecule has 0 amide bonds. The highest BCUT2D eigenvalue weighted by molar-refractivity contribution is 5.84. The third kappa shape index (κ3) is 1.55. The number of hydrogen-bond donors (Lipinski definition) is 2. The number of hydrogen-bond acceptors (Lipinski definition) is 1. The molecule has 2 N–H and O–H groups in total. The first kappa shape index (κ1) is 8.98. The van der Waals surface area contributed by atoms with Crippen LogP contribution in [0.1, 0.15) is 30.0 Å². The molecule has 1 aromatic heterocycles. The molecule has 1 aliphatic carbocycles. The Morgan fingerprint density at radius 1 is 1.40 bits per heavy atom. The van der Waals surface area contributed by atoms with Crippen molar-refractivity contribution < 1.29 is 0 Å². The Kier molecular flexibility index (Phi) is 2.03. The number of aromatic amines is 1. The van der Waals surface area contributed by atoms with Crippen molar-refractivity contribution in [1.82, 2.24) is 10.3 Å². The van der Waals surface area contributed by atoms with Crippen molar-refractivity contribution in [3.05, 3.63) is 35.5 Å². The van der Waals surface area contributed by atoms with Gasteiger partial charge in [0.2, 0.25) is 0 Å². The summed E-state index contributed by atoms with van der Waals surface area (Å²) in [5, 5.41) is 4.60. The van der Waals surface area contributed by atoms with Gasteiger partial charge in [0.25, 0.3) is 0 Å². The minimum Gasteiger partial charge on any atom is -0.358 e. The third-order valence-electron chi connectivity index (χ3n) is 3.16. The van der Waals surface area contributed by atoms with E-state index in [2.05, 4.69) is 34.6 Å². The molecule has 0 radical (unpaired) electrons. The van der Waals surface area contributed by atoms with Gasteiger partial charge < -0.3 is 10.3 Å². The monoisotopic (exact) mass is 200 g/mol. The molecule has 2 aromatic rings. The fraction of sp³-hybridized carbons (Fsp3) is 0.385. The zero-order chi connectivity index (χ0) is 10.3. The maximum atomic E-state index is 3.53. The van der Waals surface area contributed by atoms with Gasteiger partial charge in [-0.1, -0.05) is 12.1 Å². The Labute approximate surface area is 89.7 Å². The lowest BCUT2D eigenvalue weighted by molar-refractivity contribution is 0.824. The largest absolute Gasteiger partial charge is 0.358 e. The first-order chi connectivity index (χ1) is 7.38. The minimum absolute atomic E-state index is 0.805. The summed E-state index contributed by atoms with van der Waals surface area (Å²) < 4.78 is 0.